The van der Waals surface area contributed by atoms with Crippen molar-refractivity contribution < 1.29 is 12.8 Å². The highest BCUT2D eigenvalue weighted by Crippen LogP contribution is 2.33. The van der Waals surface area contributed by atoms with Gasteiger partial charge in [-0.25, -0.2) is 13.1 Å². The van der Waals surface area contributed by atoms with Crippen molar-refractivity contribution in [3.05, 3.63) is 17.9 Å². The van der Waals surface area contributed by atoms with Crippen molar-refractivity contribution in [3.63, 3.8) is 0 Å². The molecule has 0 radical (unpaired) electrons. The second kappa shape index (κ2) is 5.85. The Morgan fingerprint density at radius 3 is 2.50 bits per heavy atom. The maximum atomic E-state index is 12.2. The average Bonchev–Trinajstić information content (AvgIpc) is 3.06. The first-order valence-corrected chi connectivity index (χ1v) is 8.34. The Morgan fingerprint density at radius 2 is 2.00 bits per heavy atom. The summed E-state index contributed by atoms with van der Waals surface area (Å²) in [6.45, 7) is 0.595. The SMILES string of the molecule is CN(C)C1(CNS(=O)(=O)c2ccc(CN)o2)CCCC1. The molecular formula is C13H23N3O3S. The van der Waals surface area contributed by atoms with E-state index >= 15 is 0 Å². The van der Waals surface area contributed by atoms with E-state index < -0.39 is 10.0 Å². The quantitative estimate of drug-likeness (QED) is 0.814. The molecule has 0 unspecified atom stereocenters. The number of likely N-dealkylation sites (N-methyl/N-ethyl adjacent to an activating group) is 1. The predicted molar refractivity (Wildman–Crippen MR) is 76.7 cm³/mol. The van der Waals surface area contributed by atoms with Crippen LogP contribution in [0.2, 0.25) is 0 Å². The van der Waals surface area contributed by atoms with Gasteiger partial charge in [0, 0.05) is 12.1 Å². The largest absolute Gasteiger partial charge is 0.447 e. The summed E-state index contributed by atoms with van der Waals surface area (Å²) in [5.74, 6) is 0.466. The molecule has 0 bridgehead atoms. The molecule has 1 saturated carbocycles. The second-order valence-corrected chi connectivity index (χ2v) is 7.27. The van der Waals surface area contributed by atoms with Gasteiger partial charge in [0.05, 0.1) is 6.54 Å². The van der Waals surface area contributed by atoms with E-state index in [2.05, 4.69) is 9.62 Å². The Kier molecular flexibility index (Phi) is 4.53. The fraction of sp³-hybridized carbons (Fsp3) is 0.692. The van der Waals surface area contributed by atoms with Crippen LogP contribution in [-0.4, -0.2) is 39.5 Å². The normalized spacial score (nSPS) is 18.8. The minimum atomic E-state index is -3.61. The summed E-state index contributed by atoms with van der Waals surface area (Å²) in [6, 6.07) is 3.04. The van der Waals surface area contributed by atoms with Crippen LogP contribution in [0.4, 0.5) is 0 Å². The van der Waals surface area contributed by atoms with Gasteiger partial charge in [0.15, 0.2) is 0 Å². The zero-order valence-corrected chi connectivity index (χ0v) is 12.9. The van der Waals surface area contributed by atoms with Crippen molar-refractivity contribution in [2.45, 2.75) is 42.9 Å². The Morgan fingerprint density at radius 1 is 1.35 bits per heavy atom. The summed E-state index contributed by atoms with van der Waals surface area (Å²) in [5, 5.41) is -0.0650. The van der Waals surface area contributed by atoms with Crippen LogP contribution in [0.3, 0.4) is 0 Å². The monoisotopic (exact) mass is 301 g/mol. The number of sulfonamides is 1. The Balaban J connectivity index is 2.08. The molecule has 2 rings (SSSR count). The number of furan rings is 1. The molecule has 3 N–H and O–H groups in total. The summed E-state index contributed by atoms with van der Waals surface area (Å²) in [4.78, 5) is 2.12. The fourth-order valence-corrected chi connectivity index (χ4v) is 3.79. The lowest BCUT2D eigenvalue weighted by atomic mass is 9.97. The lowest BCUT2D eigenvalue weighted by Gasteiger charge is -2.36. The summed E-state index contributed by atoms with van der Waals surface area (Å²) >= 11 is 0. The lowest BCUT2D eigenvalue weighted by molar-refractivity contribution is 0.161. The zero-order chi connectivity index (χ0) is 14.8. The van der Waals surface area contributed by atoms with Crippen LogP contribution in [0, 0.1) is 0 Å². The Hall–Kier alpha value is -0.890. The first-order chi connectivity index (χ1) is 9.39. The standard InChI is InChI=1S/C13H23N3O3S/c1-16(2)13(7-3-4-8-13)10-15-20(17,18)12-6-5-11(9-14)19-12/h5-6,15H,3-4,7-10,14H2,1-2H3. The van der Waals surface area contributed by atoms with Crippen molar-refractivity contribution in [2.75, 3.05) is 20.6 Å². The van der Waals surface area contributed by atoms with Gasteiger partial charge < -0.3 is 15.1 Å². The van der Waals surface area contributed by atoms with Crippen LogP contribution in [0.1, 0.15) is 31.4 Å². The smallest absolute Gasteiger partial charge is 0.274 e. The van der Waals surface area contributed by atoms with Crippen LogP contribution < -0.4 is 10.5 Å². The summed E-state index contributed by atoms with van der Waals surface area (Å²) in [7, 11) is 0.391. The van der Waals surface area contributed by atoms with Gasteiger partial charge in [-0.05, 0) is 39.1 Å². The molecule has 1 aromatic rings. The Labute approximate surface area is 120 Å². The van der Waals surface area contributed by atoms with Crippen LogP contribution in [0.5, 0.6) is 0 Å². The maximum absolute atomic E-state index is 12.2. The third kappa shape index (κ3) is 3.06. The topological polar surface area (TPSA) is 88.6 Å². The van der Waals surface area contributed by atoms with Crippen LogP contribution in [0.15, 0.2) is 21.6 Å². The van der Waals surface area contributed by atoms with Gasteiger partial charge in [-0.15, -0.1) is 0 Å². The summed E-state index contributed by atoms with van der Waals surface area (Å²) in [6.07, 6.45) is 4.29. The van der Waals surface area contributed by atoms with Crippen molar-refractivity contribution >= 4 is 10.0 Å². The predicted octanol–water partition coefficient (Wildman–Crippen LogP) is 0.891. The highest BCUT2D eigenvalue weighted by Gasteiger charge is 2.37. The number of hydrogen-bond acceptors (Lipinski definition) is 5. The summed E-state index contributed by atoms with van der Waals surface area (Å²) < 4.78 is 32.3. The van der Waals surface area contributed by atoms with E-state index in [1.165, 1.54) is 6.07 Å². The molecule has 1 fully saturated rings. The zero-order valence-electron chi connectivity index (χ0n) is 12.1. The van der Waals surface area contributed by atoms with E-state index in [-0.39, 0.29) is 17.2 Å². The van der Waals surface area contributed by atoms with Crippen LogP contribution >= 0.6 is 0 Å². The lowest BCUT2D eigenvalue weighted by Crippen LogP contribution is -2.50. The van der Waals surface area contributed by atoms with E-state index in [4.69, 9.17) is 10.2 Å². The van der Waals surface area contributed by atoms with E-state index in [0.29, 0.717) is 12.3 Å². The number of rotatable bonds is 6. The molecule has 1 aromatic heterocycles. The van der Waals surface area contributed by atoms with E-state index in [9.17, 15) is 8.42 Å². The molecule has 0 atom stereocenters. The molecule has 0 amide bonds. The van der Waals surface area contributed by atoms with Gasteiger partial charge in [-0.2, -0.15) is 0 Å². The summed E-state index contributed by atoms with van der Waals surface area (Å²) in [5.41, 5.74) is 5.34. The van der Waals surface area contributed by atoms with Gasteiger partial charge in [0.1, 0.15) is 5.76 Å². The van der Waals surface area contributed by atoms with Crippen LogP contribution in [-0.2, 0) is 16.6 Å². The first-order valence-electron chi connectivity index (χ1n) is 6.85. The number of nitrogens with two attached hydrogens (primary N) is 1. The molecule has 1 aliphatic rings. The third-order valence-electron chi connectivity index (χ3n) is 4.18. The average molecular weight is 301 g/mol. The molecule has 0 aromatic carbocycles. The van der Waals surface area contributed by atoms with Gasteiger partial charge in [0.25, 0.3) is 10.0 Å². The molecule has 6 nitrogen and oxygen atoms in total. The number of nitrogens with zero attached hydrogens (tertiary/aromatic N) is 1. The molecule has 20 heavy (non-hydrogen) atoms. The minimum absolute atomic E-state index is 0.0650. The third-order valence-corrected chi connectivity index (χ3v) is 5.45. The molecular weight excluding hydrogens is 278 g/mol. The molecule has 1 aliphatic carbocycles. The van der Waals surface area contributed by atoms with E-state index in [1.807, 2.05) is 14.1 Å². The molecule has 1 heterocycles. The molecule has 7 heteroatoms. The van der Waals surface area contributed by atoms with Gasteiger partial charge in [-0.1, -0.05) is 12.8 Å². The fourth-order valence-electron chi connectivity index (χ4n) is 2.73. The molecule has 0 saturated heterocycles. The number of nitrogens with one attached hydrogen (secondary N) is 1. The Bertz CT molecular complexity index is 545. The van der Waals surface area contributed by atoms with Crippen molar-refractivity contribution in [2.24, 2.45) is 5.73 Å². The van der Waals surface area contributed by atoms with Crippen molar-refractivity contribution in [3.8, 4) is 0 Å². The first kappa shape index (κ1) is 15.5. The molecule has 0 spiro atoms. The van der Waals surface area contributed by atoms with Gasteiger partial charge >= 0.3 is 0 Å². The molecule has 0 aliphatic heterocycles. The van der Waals surface area contributed by atoms with Crippen LogP contribution in [0.25, 0.3) is 0 Å². The highest BCUT2D eigenvalue weighted by atomic mass is 32.2. The minimum Gasteiger partial charge on any atom is -0.447 e. The van der Waals surface area contributed by atoms with Crippen molar-refractivity contribution in [1.29, 1.82) is 0 Å². The van der Waals surface area contributed by atoms with E-state index in [0.717, 1.165) is 25.7 Å². The maximum Gasteiger partial charge on any atom is 0.274 e. The van der Waals surface area contributed by atoms with Gasteiger partial charge in [-0.3, -0.25) is 0 Å². The molecule has 114 valence electrons. The van der Waals surface area contributed by atoms with Crippen molar-refractivity contribution in [1.82, 2.24) is 9.62 Å². The van der Waals surface area contributed by atoms with E-state index in [1.54, 1.807) is 6.07 Å². The second-order valence-electron chi connectivity index (χ2n) is 5.58. The highest BCUT2D eigenvalue weighted by molar-refractivity contribution is 7.89. The number of hydrogen-bond donors (Lipinski definition) is 2. The van der Waals surface area contributed by atoms with Gasteiger partial charge in [0.2, 0.25) is 5.09 Å².